The first-order valence-electron chi connectivity index (χ1n) is 6.84. The fourth-order valence-electron chi connectivity index (χ4n) is 2.26. The summed E-state index contributed by atoms with van der Waals surface area (Å²) in [6.07, 6.45) is -0.961. The molecule has 0 atom stereocenters. The van der Waals surface area contributed by atoms with Gasteiger partial charge in [0.2, 0.25) is 10.0 Å². The predicted octanol–water partition coefficient (Wildman–Crippen LogP) is 1.94. The maximum Gasteiger partial charge on any atom is 0.434 e. The van der Waals surface area contributed by atoms with Crippen LogP contribution in [0.2, 0.25) is 0 Å². The molecule has 0 aliphatic rings. The van der Waals surface area contributed by atoms with E-state index in [2.05, 4.69) is 9.97 Å². The van der Waals surface area contributed by atoms with Gasteiger partial charge in [-0.05, 0) is 24.3 Å². The average Bonchev–Trinajstić information content (AvgIpc) is 3.11. The van der Waals surface area contributed by atoms with Crippen LogP contribution in [-0.2, 0) is 23.2 Å². The second-order valence-electron chi connectivity index (χ2n) is 5.25. The Balaban J connectivity index is 2.18. The van der Waals surface area contributed by atoms with Gasteiger partial charge >= 0.3 is 6.18 Å². The molecule has 3 rings (SSSR count). The number of rotatable bonds is 3. The van der Waals surface area contributed by atoms with Crippen LogP contribution in [0, 0.1) is 0 Å². The second-order valence-corrected chi connectivity index (χ2v) is 6.81. The van der Waals surface area contributed by atoms with E-state index in [4.69, 9.17) is 5.14 Å². The van der Waals surface area contributed by atoms with Gasteiger partial charge in [0.05, 0.1) is 17.4 Å². The highest BCUT2D eigenvalue weighted by atomic mass is 32.2. The molecule has 0 aliphatic heterocycles. The van der Waals surface area contributed by atoms with Crippen LogP contribution < -0.4 is 5.14 Å². The van der Waals surface area contributed by atoms with Gasteiger partial charge in [0.15, 0.2) is 11.5 Å². The van der Waals surface area contributed by atoms with Crippen LogP contribution in [0.25, 0.3) is 17.2 Å². The molecule has 1 aromatic carbocycles. The van der Waals surface area contributed by atoms with Gasteiger partial charge in [-0.3, -0.25) is 4.57 Å². The van der Waals surface area contributed by atoms with Gasteiger partial charge in [-0.2, -0.15) is 13.2 Å². The molecule has 0 bridgehead atoms. The van der Waals surface area contributed by atoms with Gasteiger partial charge in [-0.1, -0.05) is 0 Å². The summed E-state index contributed by atoms with van der Waals surface area (Å²) in [6.45, 7) is 0. The minimum Gasteiger partial charge on any atom is -0.331 e. The van der Waals surface area contributed by atoms with Crippen molar-refractivity contribution in [1.82, 2.24) is 19.1 Å². The van der Waals surface area contributed by atoms with Crippen molar-refractivity contribution in [2.75, 3.05) is 0 Å². The van der Waals surface area contributed by atoms with Crippen LogP contribution in [0.4, 0.5) is 13.2 Å². The van der Waals surface area contributed by atoms with Gasteiger partial charge in [-0.25, -0.2) is 23.5 Å². The molecule has 0 spiro atoms. The number of hydrogen-bond acceptors (Lipinski definition) is 4. The number of aryl methyl sites for hydroxylation is 1. The summed E-state index contributed by atoms with van der Waals surface area (Å²) in [6, 6.07) is 5.12. The molecule has 0 saturated carbocycles. The number of sulfonamides is 1. The highest BCUT2D eigenvalue weighted by Crippen LogP contribution is 2.32. The topological polar surface area (TPSA) is 95.8 Å². The van der Waals surface area contributed by atoms with Crippen molar-refractivity contribution in [3.63, 3.8) is 0 Å². The molecule has 0 unspecified atom stereocenters. The minimum absolute atomic E-state index is 0.0238. The maximum absolute atomic E-state index is 13.1. The third-order valence-electron chi connectivity index (χ3n) is 3.49. The van der Waals surface area contributed by atoms with Gasteiger partial charge in [0.25, 0.3) is 0 Å². The Morgan fingerprint density at radius 3 is 2.28 bits per heavy atom. The molecular weight excluding hydrogens is 359 g/mol. The Morgan fingerprint density at radius 1 is 1.16 bits per heavy atom. The second kappa shape index (κ2) is 5.70. The predicted molar refractivity (Wildman–Crippen MR) is 82.1 cm³/mol. The molecule has 0 saturated heterocycles. The normalized spacial score (nSPS) is 12.5. The first kappa shape index (κ1) is 17.2. The zero-order chi connectivity index (χ0) is 18.4. The number of alkyl halides is 3. The van der Waals surface area contributed by atoms with Crippen molar-refractivity contribution in [2.24, 2.45) is 12.2 Å². The Kier molecular flexibility index (Phi) is 3.92. The van der Waals surface area contributed by atoms with Crippen LogP contribution in [0.1, 0.15) is 5.69 Å². The van der Waals surface area contributed by atoms with Gasteiger partial charge < -0.3 is 4.57 Å². The van der Waals surface area contributed by atoms with E-state index < -0.39 is 21.9 Å². The van der Waals surface area contributed by atoms with Crippen LogP contribution in [-0.4, -0.2) is 27.5 Å². The standard InChI is InChI=1S/C14H12F3N5O2S/c1-21-8-19-6-11(21)13-20-12(14(15,16)17)7-22(13)9-2-4-10(5-3-9)25(18,23)24/h2-8H,1H3,(H2,18,23,24). The van der Waals surface area contributed by atoms with Crippen molar-refractivity contribution in [1.29, 1.82) is 0 Å². The molecule has 3 aromatic rings. The number of aromatic nitrogens is 4. The van der Waals surface area contributed by atoms with E-state index in [0.29, 0.717) is 11.4 Å². The fraction of sp³-hybridized carbons (Fsp3) is 0.143. The third kappa shape index (κ3) is 3.28. The van der Waals surface area contributed by atoms with E-state index in [1.165, 1.54) is 45.9 Å². The van der Waals surface area contributed by atoms with Crippen LogP contribution in [0.15, 0.2) is 47.9 Å². The lowest BCUT2D eigenvalue weighted by Gasteiger charge is -2.08. The SMILES string of the molecule is Cn1cncc1-c1nc(C(F)(F)F)cn1-c1ccc(S(N)(=O)=O)cc1. The van der Waals surface area contributed by atoms with Gasteiger partial charge in [0, 0.05) is 18.9 Å². The lowest BCUT2D eigenvalue weighted by Crippen LogP contribution is -2.12. The highest BCUT2D eigenvalue weighted by molar-refractivity contribution is 7.89. The number of imidazole rings is 2. The number of hydrogen-bond donors (Lipinski definition) is 1. The molecule has 2 heterocycles. The van der Waals surface area contributed by atoms with Gasteiger partial charge in [0.1, 0.15) is 5.69 Å². The quantitative estimate of drug-likeness (QED) is 0.761. The van der Waals surface area contributed by atoms with E-state index in [1.807, 2.05) is 0 Å². The lowest BCUT2D eigenvalue weighted by molar-refractivity contribution is -0.140. The summed E-state index contributed by atoms with van der Waals surface area (Å²) in [5.74, 6) is 0.0238. The molecule has 0 aliphatic carbocycles. The first-order valence-corrected chi connectivity index (χ1v) is 8.38. The number of benzene rings is 1. The summed E-state index contributed by atoms with van der Waals surface area (Å²) in [5, 5.41) is 5.03. The Morgan fingerprint density at radius 2 is 1.80 bits per heavy atom. The van der Waals surface area contributed by atoms with Crippen molar-refractivity contribution in [2.45, 2.75) is 11.1 Å². The summed E-state index contributed by atoms with van der Waals surface area (Å²) >= 11 is 0. The molecule has 7 nitrogen and oxygen atoms in total. The summed E-state index contributed by atoms with van der Waals surface area (Å²) in [7, 11) is -2.28. The third-order valence-corrected chi connectivity index (χ3v) is 4.41. The molecule has 0 radical (unpaired) electrons. The molecule has 11 heteroatoms. The monoisotopic (exact) mass is 371 g/mol. The largest absolute Gasteiger partial charge is 0.434 e. The molecule has 132 valence electrons. The molecular formula is C14H12F3N5O2S. The molecule has 0 fully saturated rings. The van der Waals surface area contributed by atoms with Crippen molar-refractivity contribution in [3.05, 3.63) is 48.7 Å². The Bertz CT molecular complexity index is 1020. The van der Waals surface area contributed by atoms with Crippen molar-refractivity contribution >= 4 is 10.0 Å². The first-order chi connectivity index (χ1) is 11.6. The maximum atomic E-state index is 13.1. The zero-order valence-electron chi connectivity index (χ0n) is 12.8. The zero-order valence-corrected chi connectivity index (χ0v) is 13.6. The lowest BCUT2D eigenvalue weighted by atomic mass is 10.3. The van der Waals surface area contributed by atoms with Crippen molar-refractivity contribution < 1.29 is 21.6 Å². The van der Waals surface area contributed by atoms with E-state index in [0.717, 1.165) is 6.20 Å². The van der Waals surface area contributed by atoms with E-state index in [1.54, 1.807) is 7.05 Å². The summed E-state index contributed by atoms with van der Waals surface area (Å²) in [4.78, 5) is 7.41. The van der Waals surface area contributed by atoms with E-state index >= 15 is 0 Å². The van der Waals surface area contributed by atoms with E-state index in [9.17, 15) is 21.6 Å². The number of nitrogens with zero attached hydrogens (tertiary/aromatic N) is 4. The Labute approximate surface area is 140 Å². The van der Waals surface area contributed by atoms with Crippen LogP contribution in [0.3, 0.4) is 0 Å². The average molecular weight is 371 g/mol. The van der Waals surface area contributed by atoms with Gasteiger partial charge in [-0.15, -0.1) is 0 Å². The smallest absolute Gasteiger partial charge is 0.331 e. The molecule has 2 aromatic heterocycles. The number of nitrogens with two attached hydrogens (primary N) is 1. The Hall–Kier alpha value is -2.66. The number of halogens is 3. The highest BCUT2D eigenvalue weighted by Gasteiger charge is 2.35. The summed E-state index contributed by atoms with van der Waals surface area (Å²) < 4.78 is 64.6. The molecule has 0 amide bonds. The summed E-state index contributed by atoms with van der Waals surface area (Å²) in [5.41, 5.74) is -0.406. The van der Waals surface area contributed by atoms with Crippen LogP contribution in [0.5, 0.6) is 0 Å². The molecule has 25 heavy (non-hydrogen) atoms. The van der Waals surface area contributed by atoms with Crippen LogP contribution >= 0.6 is 0 Å². The van der Waals surface area contributed by atoms with E-state index in [-0.39, 0.29) is 10.7 Å². The number of primary sulfonamides is 1. The minimum atomic E-state index is -4.63. The van der Waals surface area contributed by atoms with Crippen molar-refractivity contribution in [3.8, 4) is 17.2 Å². The fourth-order valence-corrected chi connectivity index (χ4v) is 2.78. The molecule has 2 N–H and O–H groups in total.